The third-order valence-corrected chi connectivity index (χ3v) is 2.63. The summed E-state index contributed by atoms with van der Waals surface area (Å²) >= 11 is 3.10. The first-order valence-corrected chi connectivity index (χ1v) is 5.84. The SMILES string of the molecule is CCC(C#N)Oc1c(F)cc(CBr)cc1F. The van der Waals surface area contributed by atoms with Gasteiger partial charge in [-0.05, 0) is 24.1 Å². The molecule has 0 spiro atoms. The largest absolute Gasteiger partial charge is 0.469 e. The van der Waals surface area contributed by atoms with E-state index in [9.17, 15) is 8.78 Å². The van der Waals surface area contributed by atoms with Gasteiger partial charge in [-0.1, -0.05) is 22.9 Å². The van der Waals surface area contributed by atoms with Crippen LogP contribution < -0.4 is 4.74 Å². The Hall–Kier alpha value is -1.15. The van der Waals surface area contributed by atoms with Crippen molar-refractivity contribution in [1.82, 2.24) is 0 Å². The minimum atomic E-state index is -0.834. The molecule has 0 heterocycles. The number of rotatable bonds is 4. The van der Waals surface area contributed by atoms with Crippen LogP contribution in [0.25, 0.3) is 0 Å². The molecule has 0 amide bonds. The maximum Gasteiger partial charge on any atom is 0.192 e. The molecule has 0 aliphatic rings. The quantitative estimate of drug-likeness (QED) is 0.795. The standard InChI is InChI=1S/C11H10BrF2NO/c1-2-8(6-15)16-11-9(13)3-7(5-12)4-10(11)14/h3-4,8H,2,5H2,1H3. The van der Waals surface area contributed by atoms with Crippen molar-refractivity contribution in [3.05, 3.63) is 29.3 Å². The van der Waals surface area contributed by atoms with Crippen molar-refractivity contribution < 1.29 is 13.5 Å². The van der Waals surface area contributed by atoms with Gasteiger partial charge < -0.3 is 4.74 Å². The van der Waals surface area contributed by atoms with Crippen LogP contribution in [0.2, 0.25) is 0 Å². The Morgan fingerprint density at radius 2 is 2.00 bits per heavy atom. The predicted molar refractivity (Wildman–Crippen MR) is 59.3 cm³/mol. The second kappa shape index (κ2) is 5.80. The van der Waals surface area contributed by atoms with Gasteiger partial charge >= 0.3 is 0 Å². The number of nitrogens with zero attached hydrogens (tertiary/aromatic N) is 1. The molecule has 0 saturated heterocycles. The highest BCUT2D eigenvalue weighted by Crippen LogP contribution is 2.25. The molecule has 1 aromatic carbocycles. The van der Waals surface area contributed by atoms with Gasteiger partial charge in [0.2, 0.25) is 0 Å². The Morgan fingerprint density at radius 1 is 1.44 bits per heavy atom. The first kappa shape index (κ1) is 12.9. The highest BCUT2D eigenvalue weighted by atomic mass is 79.9. The van der Waals surface area contributed by atoms with Crippen molar-refractivity contribution >= 4 is 15.9 Å². The molecule has 2 nitrogen and oxygen atoms in total. The van der Waals surface area contributed by atoms with Crippen LogP contribution in [0.1, 0.15) is 18.9 Å². The van der Waals surface area contributed by atoms with Gasteiger partial charge in [0.25, 0.3) is 0 Å². The topological polar surface area (TPSA) is 33.0 Å². The van der Waals surface area contributed by atoms with Gasteiger partial charge in [-0.25, -0.2) is 8.78 Å². The summed E-state index contributed by atoms with van der Waals surface area (Å²) in [4.78, 5) is 0. The Bertz CT molecular complexity index is 394. The Morgan fingerprint density at radius 3 is 2.38 bits per heavy atom. The zero-order valence-electron chi connectivity index (χ0n) is 8.64. The average Bonchev–Trinajstić information content (AvgIpc) is 2.28. The molecule has 86 valence electrons. The molecule has 0 saturated carbocycles. The third-order valence-electron chi connectivity index (χ3n) is 1.99. The third kappa shape index (κ3) is 2.92. The summed E-state index contributed by atoms with van der Waals surface area (Å²) in [6, 6.07) is 4.17. The molecule has 1 atom stereocenters. The fraction of sp³-hybridized carbons (Fsp3) is 0.364. The Kier molecular flexibility index (Phi) is 4.69. The van der Waals surface area contributed by atoms with Crippen molar-refractivity contribution in [3.63, 3.8) is 0 Å². The van der Waals surface area contributed by atoms with Crippen LogP contribution in [0, 0.1) is 23.0 Å². The zero-order chi connectivity index (χ0) is 12.1. The normalized spacial score (nSPS) is 11.9. The van der Waals surface area contributed by atoms with Crippen LogP contribution in [0.4, 0.5) is 8.78 Å². The summed E-state index contributed by atoms with van der Waals surface area (Å²) in [6.07, 6.45) is -0.464. The molecule has 16 heavy (non-hydrogen) atoms. The van der Waals surface area contributed by atoms with E-state index in [-0.39, 0.29) is 0 Å². The van der Waals surface area contributed by atoms with Crippen molar-refractivity contribution in [2.24, 2.45) is 0 Å². The molecule has 0 fully saturated rings. The molecule has 0 N–H and O–H groups in total. The fourth-order valence-electron chi connectivity index (χ4n) is 1.15. The highest BCUT2D eigenvalue weighted by molar-refractivity contribution is 9.08. The van der Waals surface area contributed by atoms with Gasteiger partial charge in [0, 0.05) is 5.33 Å². The molecule has 1 aromatic rings. The van der Waals surface area contributed by atoms with E-state index in [1.54, 1.807) is 6.92 Å². The van der Waals surface area contributed by atoms with Gasteiger partial charge in [0.15, 0.2) is 23.5 Å². The first-order chi connectivity index (χ1) is 7.62. The lowest BCUT2D eigenvalue weighted by Gasteiger charge is -2.12. The molecule has 1 rings (SSSR count). The summed E-state index contributed by atoms with van der Waals surface area (Å²) in [5.74, 6) is -2.07. The van der Waals surface area contributed by atoms with Crippen LogP contribution in [-0.4, -0.2) is 6.10 Å². The number of benzene rings is 1. The predicted octanol–water partition coefficient (Wildman–Crippen LogP) is 3.54. The van der Waals surface area contributed by atoms with Crippen LogP contribution in [-0.2, 0) is 5.33 Å². The van der Waals surface area contributed by atoms with E-state index in [2.05, 4.69) is 15.9 Å². The van der Waals surface area contributed by atoms with E-state index >= 15 is 0 Å². The van der Waals surface area contributed by atoms with Gasteiger partial charge in [0.1, 0.15) is 6.07 Å². The minimum Gasteiger partial charge on any atom is -0.469 e. The summed E-state index contributed by atoms with van der Waals surface area (Å²) in [6.45, 7) is 1.70. The van der Waals surface area contributed by atoms with Crippen molar-refractivity contribution in [3.8, 4) is 11.8 Å². The lowest BCUT2D eigenvalue weighted by atomic mass is 10.2. The lowest BCUT2D eigenvalue weighted by Crippen LogP contribution is -2.14. The van der Waals surface area contributed by atoms with E-state index in [1.807, 2.05) is 6.07 Å². The molecule has 0 radical (unpaired) electrons. The van der Waals surface area contributed by atoms with E-state index in [0.717, 1.165) is 0 Å². The van der Waals surface area contributed by atoms with Crippen molar-refractivity contribution in [2.45, 2.75) is 24.8 Å². The van der Waals surface area contributed by atoms with Crippen LogP contribution in [0.15, 0.2) is 12.1 Å². The molecule has 0 bridgehead atoms. The minimum absolute atomic E-state index is 0.358. The van der Waals surface area contributed by atoms with Crippen molar-refractivity contribution in [1.29, 1.82) is 5.26 Å². The van der Waals surface area contributed by atoms with E-state index < -0.39 is 23.5 Å². The molecule has 1 unspecified atom stereocenters. The van der Waals surface area contributed by atoms with Crippen LogP contribution in [0.5, 0.6) is 5.75 Å². The monoisotopic (exact) mass is 289 g/mol. The number of hydrogen-bond acceptors (Lipinski definition) is 2. The van der Waals surface area contributed by atoms with Crippen LogP contribution >= 0.6 is 15.9 Å². The fourth-order valence-corrected chi connectivity index (χ4v) is 1.47. The lowest BCUT2D eigenvalue weighted by molar-refractivity contribution is 0.228. The van der Waals surface area contributed by atoms with E-state index in [4.69, 9.17) is 10.00 Å². The number of nitriles is 1. The number of hydrogen-bond donors (Lipinski definition) is 0. The highest BCUT2D eigenvalue weighted by Gasteiger charge is 2.16. The summed E-state index contributed by atoms with van der Waals surface area (Å²) in [7, 11) is 0. The molecular weight excluding hydrogens is 280 g/mol. The molecule has 5 heteroatoms. The summed E-state index contributed by atoms with van der Waals surface area (Å²) in [5.41, 5.74) is 0.479. The number of ether oxygens (including phenoxy) is 1. The van der Waals surface area contributed by atoms with Gasteiger partial charge in [-0.15, -0.1) is 0 Å². The van der Waals surface area contributed by atoms with Crippen molar-refractivity contribution in [2.75, 3.05) is 0 Å². The first-order valence-electron chi connectivity index (χ1n) is 4.72. The van der Waals surface area contributed by atoms with Gasteiger partial charge in [-0.3, -0.25) is 0 Å². The summed E-state index contributed by atoms with van der Waals surface area (Å²) in [5, 5.41) is 9.00. The molecule has 0 aliphatic carbocycles. The van der Waals surface area contributed by atoms with Gasteiger partial charge in [-0.2, -0.15) is 5.26 Å². The Balaban J connectivity index is 3.01. The maximum atomic E-state index is 13.4. The second-order valence-corrected chi connectivity index (χ2v) is 3.73. The average molecular weight is 290 g/mol. The van der Waals surface area contributed by atoms with E-state index in [0.29, 0.717) is 17.3 Å². The molecular formula is C11H10BrF2NO. The smallest absolute Gasteiger partial charge is 0.192 e. The second-order valence-electron chi connectivity index (χ2n) is 3.17. The van der Waals surface area contributed by atoms with Gasteiger partial charge in [0.05, 0.1) is 0 Å². The molecule has 0 aliphatic heterocycles. The number of halogens is 3. The Labute approximate surface area is 101 Å². The zero-order valence-corrected chi connectivity index (χ0v) is 10.2. The number of alkyl halides is 1. The molecule has 0 aromatic heterocycles. The maximum absolute atomic E-state index is 13.4. The summed E-state index contributed by atoms with van der Waals surface area (Å²) < 4.78 is 31.8. The van der Waals surface area contributed by atoms with Crippen LogP contribution in [0.3, 0.4) is 0 Å². The van der Waals surface area contributed by atoms with E-state index in [1.165, 1.54) is 12.1 Å².